The van der Waals surface area contributed by atoms with Crippen molar-refractivity contribution in [2.75, 3.05) is 19.4 Å². The van der Waals surface area contributed by atoms with Crippen molar-refractivity contribution in [2.24, 2.45) is 5.92 Å². The third kappa shape index (κ3) is 2.96. The lowest BCUT2D eigenvalue weighted by Gasteiger charge is -2.25. The van der Waals surface area contributed by atoms with Crippen molar-refractivity contribution in [1.82, 2.24) is 4.72 Å². The van der Waals surface area contributed by atoms with E-state index in [-0.39, 0.29) is 5.92 Å². The first-order chi connectivity index (χ1) is 7.54. The predicted octanol–water partition coefficient (Wildman–Crippen LogP) is 0.787. The summed E-state index contributed by atoms with van der Waals surface area (Å²) in [6.45, 7) is 1.01. The second-order valence-electron chi connectivity index (χ2n) is 4.11. The normalized spacial score (nSPS) is 19.9. The molecule has 88 valence electrons. The third-order valence-electron chi connectivity index (χ3n) is 2.59. The fraction of sp³-hybridized carbons (Fsp3) is 0.455. The molecule has 0 saturated heterocycles. The number of hydrogen-bond acceptors (Lipinski definition) is 3. The van der Waals surface area contributed by atoms with Gasteiger partial charge < -0.3 is 4.74 Å². The minimum absolute atomic E-state index is 0.213. The van der Waals surface area contributed by atoms with Crippen LogP contribution < -0.4 is 9.46 Å². The first-order valence-electron chi connectivity index (χ1n) is 5.20. The van der Waals surface area contributed by atoms with E-state index in [1.54, 1.807) is 0 Å². The summed E-state index contributed by atoms with van der Waals surface area (Å²) in [5.74, 6) is 1.13. The number of para-hydroxylation sites is 1. The monoisotopic (exact) mass is 241 g/mol. The van der Waals surface area contributed by atoms with Gasteiger partial charge in [-0.1, -0.05) is 18.2 Å². The van der Waals surface area contributed by atoms with Crippen molar-refractivity contribution in [3.63, 3.8) is 0 Å². The summed E-state index contributed by atoms with van der Waals surface area (Å²) in [4.78, 5) is 0. The van der Waals surface area contributed by atoms with Crippen molar-refractivity contribution in [3.8, 4) is 5.75 Å². The van der Waals surface area contributed by atoms with Crippen LogP contribution in [0.25, 0.3) is 0 Å². The molecule has 1 aromatic carbocycles. The van der Waals surface area contributed by atoms with E-state index < -0.39 is 10.0 Å². The van der Waals surface area contributed by atoms with Crippen LogP contribution in [0.4, 0.5) is 0 Å². The van der Waals surface area contributed by atoms with Crippen LogP contribution in [0, 0.1) is 5.92 Å². The van der Waals surface area contributed by atoms with E-state index in [0.717, 1.165) is 17.7 Å². The SMILES string of the molecule is CS(=O)(=O)NC[C@@H]1COc2ccccc2C1. The molecule has 1 atom stereocenters. The van der Waals surface area contributed by atoms with Gasteiger partial charge in [0.1, 0.15) is 5.75 Å². The van der Waals surface area contributed by atoms with E-state index in [0.29, 0.717) is 13.2 Å². The first kappa shape index (κ1) is 11.4. The lowest BCUT2D eigenvalue weighted by atomic mass is 9.97. The van der Waals surface area contributed by atoms with Crippen molar-refractivity contribution in [3.05, 3.63) is 29.8 Å². The van der Waals surface area contributed by atoms with Crippen molar-refractivity contribution in [1.29, 1.82) is 0 Å². The molecule has 0 spiro atoms. The molecule has 0 amide bonds. The molecule has 5 heteroatoms. The summed E-state index contributed by atoms with van der Waals surface area (Å²) in [6, 6.07) is 7.86. The molecule has 1 aromatic rings. The molecular weight excluding hydrogens is 226 g/mol. The van der Waals surface area contributed by atoms with Crippen LogP contribution in [0.3, 0.4) is 0 Å². The standard InChI is InChI=1S/C11H15NO3S/c1-16(13,14)12-7-9-6-10-4-2-3-5-11(10)15-8-9/h2-5,9,12H,6-8H2,1H3/t9-/m1/s1. The van der Waals surface area contributed by atoms with Gasteiger partial charge in [0, 0.05) is 12.5 Å². The molecule has 1 heterocycles. The van der Waals surface area contributed by atoms with Gasteiger partial charge in [-0.3, -0.25) is 0 Å². The third-order valence-corrected chi connectivity index (χ3v) is 3.28. The van der Waals surface area contributed by atoms with Gasteiger partial charge in [0.2, 0.25) is 10.0 Å². The smallest absolute Gasteiger partial charge is 0.208 e. The van der Waals surface area contributed by atoms with Gasteiger partial charge in [0.25, 0.3) is 0 Å². The van der Waals surface area contributed by atoms with Gasteiger partial charge in [-0.25, -0.2) is 13.1 Å². The van der Waals surface area contributed by atoms with Crippen LogP contribution >= 0.6 is 0 Å². The van der Waals surface area contributed by atoms with E-state index in [9.17, 15) is 8.42 Å². The second kappa shape index (κ2) is 4.43. The Morgan fingerprint density at radius 3 is 2.94 bits per heavy atom. The molecule has 0 unspecified atom stereocenters. The molecular formula is C11H15NO3S. The highest BCUT2D eigenvalue weighted by Gasteiger charge is 2.20. The molecule has 0 fully saturated rings. The quantitative estimate of drug-likeness (QED) is 0.851. The number of sulfonamides is 1. The molecule has 1 aliphatic rings. The Morgan fingerprint density at radius 2 is 2.19 bits per heavy atom. The van der Waals surface area contributed by atoms with Crippen LogP contribution in [-0.4, -0.2) is 27.8 Å². The number of nitrogens with one attached hydrogen (secondary N) is 1. The minimum atomic E-state index is -3.11. The summed E-state index contributed by atoms with van der Waals surface area (Å²) >= 11 is 0. The Hall–Kier alpha value is -1.07. The first-order valence-corrected chi connectivity index (χ1v) is 7.09. The maximum absolute atomic E-state index is 11.0. The van der Waals surface area contributed by atoms with Crippen LogP contribution in [0.2, 0.25) is 0 Å². The zero-order chi connectivity index (χ0) is 11.6. The Balaban J connectivity index is 1.98. The highest BCUT2D eigenvalue weighted by Crippen LogP contribution is 2.26. The van der Waals surface area contributed by atoms with Crippen LogP contribution in [-0.2, 0) is 16.4 Å². The molecule has 0 radical (unpaired) electrons. The van der Waals surface area contributed by atoms with Crippen molar-refractivity contribution in [2.45, 2.75) is 6.42 Å². The number of benzene rings is 1. The van der Waals surface area contributed by atoms with E-state index in [1.165, 1.54) is 6.26 Å². The molecule has 0 aliphatic carbocycles. The highest BCUT2D eigenvalue weighted by molar-refractivity contribution is 7.88. The van der Waals surface area contributed by atoms with Gasteiger partial charge in [-0.05, 0) is 18.1 Å². The molecule has 0 aromatic heterocycles. The minimum Gasteiger partial charge on any atom is -0.493 e. The Bertz CT molecular complexity index is 470. The van der Waals surface area contributed by atoms with E-state index in [1.807, 2.05) is 24.3 Å². The number of hydrogen-bond donors (Lipinski definition) is 1. The topological polar surface area (TPSA) is 55.4 Å². The van der Waals surface area contributed by atoms with Gasteiger partial charge in [-0.15, -0.1) is 0 Å². The van der Waals surface area contributed by atoms with Gasteiger partial charge in [0.05, 0.1) is 12.9 Å². The van der Waals surface area contributed by atoms with Crippen LogP contribution in [0.5, 0.6) is 5.75 Å². The van der Waals surface area contributed by atoms with Crippen molar-refractivity contribution >= 4 is 10.0 Å². The van der Waals surface area contributed by atoms with Gasteiger partial charge in [-0.2, -0.15) is 0 Å². The average molecular weight is 241 g/mol. The fourth-order valence-corrected chi connectivity index (χ4v) is 2.33. The Labute approximate surface area is 95.7 Å². The van der Waals surface area contributed by atoms with Gasteiger partial charge >= 0.3 is 0 Å². The maximum atomic E-state index is 11.0. The largest absolute Gasteiger partial charge is 0.493 e. The lowest BCUT2D eigenvalue weighted by molar-refractivity contribution is 0.223. The zero-order valence-electron chi connectivity index (χ0n) is 9.14. The summed E-state index contributed by atoms with van der Waals surface area (Å²) < 4.78 is 30.0. The van der Waals surface area contributed by atoms with Crippen LogP contribution in [0.15, 0.2) is 24.3 Å². The highest BCUT2D eigenvalue weighted by atomic mass is 32.2. The number of fused-ring (bicyclic) bond motifs is 1. The lowest BCUT2D eigenvalue weighted by Crippen LogP contribution is -2.34. The number of rotatable bonds is 3. The van der Waals surface area contributed by atoms with E-state index >= 15 is 0 Å². The van der Waals surface area contributed by atoms with E-state index in [4.69, 9.17) is 4.74 Å². The molecule has 0 saturated carbocycles. The molecule has 4 nitrogen and oxygen atoms in total. The maximum Gasteiger partial charge on any atom is 0.208 e. The summed E-state index contributed by atoms with van der Waals surface area (Å²) in [5.41, 5.74) is 1.15. The average Bonchev–Trinajstić information content (AvgIpc) is 2.25. The molecule has 2 rings (SSSR count). The molecule has 0 bridgehead atoms. The zero-order valence-corrected chi connectivity index (χ0v) is 9.96. The van der Waals surface area contributed by atoms with Crippen molar-refractivity contribution < 1.29 is 13.2 Å². The Kier molecular flexibility index (Phi) is 3.16. The summed E-state index contributed by atoms with van der Waals surface area (Å²) in [5, 5.41) is 0. The molecule has 1 aliphatic heterocycles. The second-order valence-corrected chi connectivity index (χ2v) is 5.94. The van der Waals surface area contributed by atoms with Crippen LogP contribution in [0.1, 0.15) is 5.56 Å². The Morgan fingerprint density at radius 1 is 1.44 bits per heavy atom. The molecule has 1 N–H and O–H groups in total. The van der Waals surface area contributed by atoms with E-state index in [2.05, 4.69) is 4.72 Å². The number of ether oxygens (including phenoxy) is 1. The van der Waals surface area contributed by atoms with Gasteiger partial charge in [0.15, 0.2) is 0 Å². The predicted molar refractivity (Wildman–Crippen MR) is 62.0 cm³/mol. The summed E-state index contributed by atoms with van der Waals surface area (Å²) in [7, 11) is -3.11. The molecule has 16 heavy (non-hydrogen) atoms. The fourth-order valence-electron chi connectivity index (χ4n) is 1.79. The summed E-state index contributed by atoms with van der Waals surface area (Å²) in [6.07, 6.45) is 2.03.